The molecular formula is C30H49N9O13. The second-order valence-corrected chi connectivity index (χ2v) is 12.6. The molecule has 1 heterocycles. The minimum atomic E-state index is -1.83. The fraction of sp³-hybridized carbons (Fsp3) is 0.667. The Hall–Kier alpha value is -5.38. The van der Waals surface area contributed by atoms with Crippen molar-refractivity contribution in [3.63, 3.8) is 0 Å². The zero-order chi connectivity index (χ0) is 40.0. The second kappa shape index (κ2) is 20.5. The Bertz CT molecular complexity index is 1390. The Kier molecular flexibility index (Phi) is 17.6. The normalized spacial score (nSPS) is 18.0. The lowest BCUT2D eigenvalue weighted by Gasteiger charge is -2.31. The highest BCUT2D eigenvalue weighted by Crippen LogP contribution is 2.20. The summed E-state index contributed by atoms with van der Waals surface area (Å²) in [5, 5.41) is 40.5. The van der Waals surface area contributed by atoms with Crippen LogP contribution < -0.4 is 43.8 Å². The lowest BCUT2D eigenvalue weighted by atomic mass is 10.0. The first-order valence-corrected chi connectivity index (χ1v) is 16.4. The highest BCUT2D eigenvalue weighted by molar-refractivity contribution is 5.99. The van der Waals surface area contributed by atoms with Gasteiger partial charge in [0.15, 0.2) is 0 Å². The summed E-state index contributed by atoms with van der Waals surface area (Å²) in [6.45, 7) is 5.68. The molecular weight excluding hydrogens is 694 g/mol. The number of carboxylic acids is 2. The molecule has 0 aromatic carbocycles. The largest absolute Gasteiger partial charge is 0.481 e. The molecule has 0 radical (unpaired) electrons. The van der Waals surface area contributed by atoms with Crippen LogP contribution in [0.3, 0.4) is 0 Å². The van der Waals surface area contributed by atoms with E-state index >= 15 is 0 Å². The first-order chi connectivity index (χ1) is 24.1. The number of hydrogen-bond donors (Lipinski definition) is 11. The molecule has 0 bridgehead atoms. The zero-order valence-corrected chi connectivity index (χ0v) is 29.2. The number of hydrogen-bond acceptors (Lipinski definition) is 12. The third kappa shape index (κ3) is 13.7. The predicted molar refractivity (Wildman–Crippen MR) is 177 cm³/mol. The molecule has 0 saturated carbocycles. The van der Waals surface area contributed by atoms with Crippen molar-refractivity contribution in [3.8, 4) is 0 Å². The number of likely N-dealkylation sites (tertiary alicyclic amines) is 1. The van der Waals surface area contributed by atoms with E-state index in [9.17, 15) is 63.3 Å². The van der Waals surface area contributed by atoms with Crippen LogP contribution in [-0.4, -0.2) is 134 Å². The molecule has 1 rings (SSSR count). The van der Waals surface area contributed by atoms with Crippen molar-refractivity contribution >= 4 is 59.2 Å². The summed E-state index contributed by atoms with van der Waals surface area (Å²) >= 11 is 0. The predicted octanol–water partition coefficient (Wildman–Crippen LogP) is -5.51. The van der Waals surface area contributed by atoms with Crippen molar-refractivity contribution < 1.29 is 63.3 Å². The fourth-order valence-corrected chi connectivity index (χ4v) is 5.13. The van der Waals surface area contributed by atoms with Gasteiger partial charge in [0.1, 0.15) is 36.3 Å². The van der Waals surface area contributed by atoms with Gasteiger partial charge in [-0.05, 0) is 32.1 Å². The van der Waals surface area contributed by atoms with Crippen molar-refractivity contribution in [2.45, 2.75) is 115 Å². The van der Waals surface area contributed by atoms with Gasteiger partial charge in [0, 0.05) is 6.54 Å². The molecule has 0 unspecified atom stereocenters. The maximum atomic E-state index is 13.7. The van der Waals surface area contributed by atoms with Crippen LogP contribution in [0.2, 0.25) is 0 Å². The number of carbonyl (C=O) groups excluding carboxylic acids is 8. The van der Waals surface area contributed by atoms with Crippen LogP contribution in [0.15, 0.2) is 0 Å². The van der Waals surface area contributed by atoms with Crippen molar-refractivity contribution in [1.82, 2.24) is 31.5 Å². The SMILES string of the molecule is CC[C@H](O)[C@H](NC(=O)[C@@H](N)CC(N)=O)C(=O)N[C@@H](CC(=O)O)C(=O)N1CCC[C@H]1C(=O)N[C@@H](CC(N)=O)C(=O)N[C@@H](C)C(=O)N[C@H](C(=O)O)C(C)C. The van der Waals surface area contributed by atoms with E-state index in [0.29, 0.717) is 0 Å². The Morgan fingerprint density at radius 3 is 1.81 bits per heavy atom. The average molecular weight is 744 g/mol. The van der Waals surface area contributed by atoms with Crippen LogP contribution in [0.4, 0.5) is 0 Å². The van der Waals surface area contributed by atoms with Gasteiger partial charge in [-0.15, -0.1) is 0 Å². The number of aliphatic hydroxyl groups is 1. The van der Waals surface area contributed by atoms with E-state index in [2.05, 4.69) is 26.6 Å². The zero-order valence-electron chi connectivity index (χ0n) is 29.2. The monoisotopic (exact) mass is 743 g/mol. The van der Waals surface area contributed by atoms with Gasteiger partial charge in [-0.1, -0.05) is 20.8 Å². The minimum Gasteiger partial charge on any atom is -0.481 e. The van der Waals surface area contributed by atoms with Crippen LogP contribution in [0.1, 0.15) is 66.2 Å². The number of nitrogens with one attached hydrogen (secondary N) is 5. The standard InChI is InChI=1S/C30H49N9O13/c1-5-18(40)23(38-25(46)14(31)9-19(32)41)28(49)36-16(11-21(43)44)29(50)39-8-6-7-17(39)27(48)35-15(10-20(33)42)26(47)34-13(4)24(45)37-22(12(2)3)30(51)52/h12-18,22-23,40H,5-11,31H2,1-4H3,(H2,32,41)(H2,33,42)(H,34,47)(H,35,48)(H,36,49)(H,37,45)(H,38,46)(H,43,44)(H,51,52)/t13-,14-,15-,16-,17-,18-,22-,23-/m0/s1. The van der Waals surface area contributed by atoms with Gasteiger partial charge < -0.3 is 64.0 Å². The highest BCUT2D eigenvalue weighted by atomic mass is 16.4. The molecule has 52 heavy (non-hydrogen) atoms. The number of amides is 8. The number of aliphatic hydroxyl groups excluding tert-OH is 1. The summed E-state index contributed by atoms with van der Waals surface area (Å²) in [5.74, 6) is -11.5. The smallest absolute Gasteiger partial charge is 0.326 e. The number of carbonyl (C=O) groups is 10. The summed E-state index contributed by atoms with van der Waals surface area (Å²) in [6, 6.07) is -10.7. The Labute approximate surface area is 298 Å². The molecule has 0 aromatic heterocycles. The van der Waals surface area contributed by atoms with Crippen LogP contribution in [0.25, 0.3) is 0 Å². The number of nitrogens with two attached hydrogens (primary N) is 3. The molecule has 0 aliphatic carbocycles. The molecule has 8 atom stereocenters. The van der Waals surface area contributed by atoms with Gasteiger partial charge in [-0.3, -0.25) is 43.2 Å². The maximum absolute atomic E-state index is 13.7. The second-order valence-electron chi connectivity index (χ2n) is 12.6. The van der Waals surface area contributed by atoms with E-state index < -0.39 is 133 Å². The number of aliphatic carboxylic acids is 2. The van der Waals surface area contributed by atoms with Crippen LogP contribution in [-0.2, 0) is 47.9 Å². The maximum Gasteiger partial charge on any atom is 0.326 e. The van der Waals surface area contributed by atoms with Gasteiger partial charge in [0.05, 0.1) is 31.4 Å². The van der Waals surface area contributed by atoms with Crippen molar-refractivity contribution in [3.05, 3.63) is 0 Å². The third-order valence-electron chi connectivity index (χ3n) is 7.99. The summed E-state index contributed by atoms with van der Waals surface area (Å²) < 4.78 is 0. The molecule has 0 spiro atoms. The van der Waals surface area contributed by atoms with E-state index in [-0.39, 0.29) is 25.8 Å². The fourth-order valence-electron chi connectivity index (χ4n) is 5.13. The average Bonchev–Trinajstić information content (AvgIpc) is 3.53. The van der Waals surface area contributed by atoms with Crippen molar-refractivity contribution in [2.24, 2.45) is 23.1 Å². The summed E-state index contributed by atoms with van der Waals surface area (Å²) in [6.07, 6.45) is -3.76. The quantitative estimate of drug-likeness (QED) is 0.0523. The summed E-state index contributed by atoms with van der Waals surface area (Å²) in [7, 11) is 0. The topological polar surface area (TPSA) is 373 Å². The molecule has 1 aliphatic rings. The third-order valence-corrected chi connectivity index (χ3v) is 7.99. The van der Waals surface area contributed by atoms with E-state index in [0.717, 1.165) is 4.90 Å². The number of primary amides is 2. The Balaban J connectivity index is 3.19. The molecule has 0 aromatic rings. The molecule has 1 aliphatic heterocycles. The molecule has 292 valence electrons. The van der Waals surface area contributed by atoms with Gasteiger partial charge in [-0.2, -0.15) is 0 Å². The molecule has 22 nitrogen and oxygen atoms in total. The Morgan fingerprint density at radius 1 is 0.731 bits per heavy atom. The molecule has 14 N–H and O–H groups in total. The number of nitrogens with zero attached hydrogens (tertiary/aromatic N) is 1. The van der Waals surface area contributed by atoms with E-state index in [1.807, 2.05) is 0 Å². The van der Waals surface area contributed by atoms with Crippen LogP contribution in [0, 0.1) is 5.92 Å². The van der Waals surface area contributed by atoms with Gasteiger partial charge in [0.2, 0.25) is 47.3 Å². The molecule has 22 heteroatoms. The number of rotatable bonds is 21. The first kappa shape index (κ1) is 44.6. The van der Waals surface area contributed by atoms with E-state index in [1.54, 1.807) is 13.8 Å². The number of carboxylic acid groups (broad SMARTS) is 2. The van der Waals surface area contributed by atoms with Crippen LogP contribution in [0.5, 0.6) is 0 Å². The lowest BCUT2D eigenvalue weighted by Crippen LogP contribution is -2.61. The van der Waals surface area contributed by atoms with Crippen LogP contribution >= 0.6 is 0 Å². The minimum absolute atomic E-state index is 0.00575. The lowest BCUT2D eigenvalue weighted by molar-refractivity contribution is -0.147. The molecule has 8 amide bonds. The van der Waals surface area contributed by atoms with Crippen molar-refractivity contribution in [1.29, 1.82) is 0 Å². The summed E-state index contributed by atoms with van der Waals surface area (Å²) in [4.78, 5) is 126. The summed E-state index contributed by atoms with van der Waals surface area (Å²) in [5.41, 5.74) is 15.9. The Morgan fingerprint density at radius 2 is 1.31 bits per heavy atom. The van der Waals surface area contributed by atoms with Gasteiger partial charge in [-0.25, -0.2) is 4.79 Å². The molecule has 1 fully saturated rings. The van der Waals surface area contributed by atoms with Crippen molar-refractivity contribution in [2.75, 3.05) is 6.54 Å². The van der Waals surface area contributed by atoms with E-state index in [1.165, 1.54) is 13.8 Å². The van der Waals surface area contributed by atoms with Gasteiger partial charge in [0.25, 0.3) is 0 Å². The van der Waals surface area contributed by atoms with Gasteiger partial charge >= 0.3 is 11.9 Å². The first-order valence-electron chi connectivity index (χ1n) is 16.4. The molecule has 1 saturated heterocycles. The van der Waals surface area contributed by atoms with E-state index in [4.69, 9.17) is 17.2 Å². The highest BCUT2D eigenvalue weighted by Gasteiger charge is 2.41.